The summed E-state index contributed by atoms with van der Waals surface area (Å²) in [4.78, 5) is 17.5. The first-order valence-corrected chi connectivity index (χ1v) is 12.4. The second-order valence-corrected chi connectivity index (χ2v) is 8.95. The summed E-state index contributed by atoms with van der Waals surface area (Å²) in [5.74, 6) is -0.649. The van der Waals surface area contributed by atoms with Crippen molar-refractivity contribution in [3.63, 3.8) is 0 Å². The van der Waals surface area contributed by atoms with Crippen molar-refractivity contribution in [1.29, 1.82) is 0 Å². The van der Waals surface area contributed by atoms with Gasteiger partial charge in [0.15, 0.2) is 11.6 Å². The summed E-state index contributed by atoms with van der Waals surface area (Å²) >= 11 is 0. The maximum absolute atomic E-state index is 14.1. The van der Waals surface area contributed by atoms with Crippen molar-refractivity contribution >= 4 is 11.5 Å². The highest BCUT2D eigenvalue weighted by molar-refractivity contribution is 5.98. The molecule has 0 aliphatic carbocycles. The number of unbranched alkanes of at least 4 members (excludes halogenated alkanes) is 1. The molecule has 1 unspecified atom stereocenters. The molecule has 1 aliphatic rings. The maximum Gasteiger partial charge on any atom is 0.190 e. The molecular formula is C26H32F2N6O2. The van der Waals surface area contributed by atoms with Gasteiger partial charge in [0.05, 0.1) is 17.9 Å². The number of tetrazole rings is 1. The van der Waals surface area contributed by atoms with Crippen LogP contribution >= 0.6 is 0 Å². The molecule has 2 aromatic carbocycles. The molecule has 3 aromatic rings. The van der Waals surface area contributed by atoms with Gasteiger partial charge in [0.25, 0.3) is 0 Å². The number of rotatable bonds is 11. The van der Waals surface area contributed by atoms with Gasteiger partial charge in [-0.05, 0) is 48.0 Å². The third-order valence-corrected chi connectivity index (χ3v) is 6.49. The SMILES string of the molecule is CCCCOc1ccccc1N1CCN(CCc2nnnn2C(C)C(=O)c2ccc(F)cc2F)CC1. The second kappa shape index (κ2) is 12.0. The van der Waals surface area contributed by atoms with Crippen molar-refractivity contribution in [2.24, 2.45) is 0 Å². The zero-order chi connectivity index (χ0) is 25.5. The lowest BCUT2D eigenvalue weighted by Crippen LogP contribution is -2.47. The first-order valence-electron chi connectivity index (χ1n) is 12.4. The number of benzene rings is 2. The molecule has 2 heterocycles. The fourth-order valence-corrected chi connectivity index (χ4v) is 4.34. The number of anilines is 1. The van der Waals surface area contributed by atoms with Gasteiger partial charge < -0.3 is 9.64 Å². The highest BCUT2D eigenvalue weighted by atomic mass is 19.1. The van der Waals surface area contributed by atoms with Gasteiger partial charge in [-0.1, -0.05) is 25.5 Å². The lowest BCUT2D eigenvalue weighted by molar-refractivity contribution is 0.0920. The molecule has 0 radical (unpaired) electrons. The minimum Gasteiger partial charge on any atom is -0.491 e. The van der Waals surface area contributed by atoms with E-state index in [9.17, 15) is 13.6 Å². The Labute approximate surface area is 209 Å². The van der Waals surface area contributed by atoms with Crippen LogP contribution in [0.1, 0.15) is 48.9 Å². The molecule has 1 aliphatic heterocycles. The number of carbonyl (C=O) groups is 1. The van der Waals surface area contributed by atoms with E-state index in [4.69, 9.17) is 4.74 Å². The fourth-order valence-electron chi connectivity index (χ4n) is 4.34. The average Bonchev–Trinajstić information content (AvgIpc) is 3.36. The number of carbonyl (C=O) groups excluding carboxylic acids is 1. The number of hydrogen-bond donors (Lipinski definition) is 0. The highest BCUT2D eigenvalue weighted by Crippen LogP contribution is 2.29. The van der Waals surface area contributed by atoms with E-state index < -0.39 is 23.5 Å². The number of nitrogens with zero attached hydrogens (tertiary/aromatic N) is 6. The molecule has 1 saturated heterocycles. The van der Waals surface area contributed by atoms with Gasteiger partial charge in [-0.2, -0.15) is 0 Å². The Hall–Kier alpha value is -3.40. The van der Waals surface area contributed by atoms with E-state index in [2.05, 4.69) is 38.3 Å². The molecule has 36 heavy (non-hydrogen) atoms. The molecule has 4 rings (SSSR count). The van der Waals surface area contributed by atoms with Crippen LogP contribution in [0.25, 0.3) is 0 Å². The van der Waals surface area contributed by atoms with E-state index in [-0.39, 0.29) is 5.56 Å². The minimum atomic E-state index is -0.892. The van der Waals surface area contributed by atoms with Gasteiger partial charge in [-0.3, -0.25) is 9.69 Å². The summed E-state index contributed by atoms with van der Waals surface area (Å²) in [5.41, 5.74) is 0.943. The molecule has 1 aromatic heterocycles. The van der Waals surface area contributed by atoms with Gasteiger partial charge >= 0.3 is 0 Å². The first kappa shape index (κ1) is 25.7. The van der Waals surface area contributed by atoms with Crippen molar-refractivity contribution in [3.8, 4) is 5.75 Å². The highest BCUT2D eigenvalue weighted by Gasteiger charge is 2.25. The van der Waals surface area contributed by atoms with Crippen LogP contribution in [-0.2, 0) is 6.42 Å². The van der Waals surface area contributed by atoms with Crippen LogP contribution in [-0.4, -0.2) is 70.2 Å². The third-order valence-electron chi connectivity index (χ3n) is 6.49. The Morgan fingerprint density at radius 1 is 1.11 bits per heavy atom. The summed E-state index contributed by atoms with van der Waals surface area (Å²) < 4.78 is 34.8. The zero-order valence-electron chi connectivity index (χ0n) is 20.7. The van der Waals surface area contributed by atoms with Crippen LogP contribution in [0.3, 0.4) is 0 Å². The van der Waals surface area contributed by atoms with Crippen molar-refractivity contribution in [2.75, 3.05) is 44.2 Å². The van der Waals surface area contributed by atoms with E-state index in [0.29, 0.717) is 18.3 Å². The van der Waals surface area contributed by atoms with Crippen LogP contribution in [0.2, 0.25) is 0 Å². The number of ketones is 1. The van der Waals surface area contributed by atoms with Crippen molar-refractivity contribution in [2.45, 2.75) is 39.2 Å². The number of para-hydroxylation sites is 2. The van der Waals surface area contributed by atoms with Crippen LogP contribution in [0.15, 0.2) is 42.5 Å². The Balaban J connectivity index is 1.32. The number of halogens is 2. The number of piperazine rings is 1. The minimum absolute atomic E-state index is 0.180. The molecule has 1 fully saturated rings. The van der Waals surface area contributed by atoms with Gasteiger partial charge in [0, 0.05) is 45.2 Å². The van der Waals surface area contributed by atoms with E-state index in [1.807, 2.05) is 18.2 Å². The summed E-state index contributed by atoms with van der Waals surface area (Å²) in [6, 6.07) is 10.3. The summed E-state index contributed by atoms with van der Waals surface area (Å²) in [6.45, 7) is 8.71. The third kappa shape index (κ3) is 6.04. The molecule has 0 N–H and O–H groups in total. The number of ether oxygens (including phenoxy) is 1. The lowest BCUT2D eigenvalue weighted by Gasteiger charge is -2.36. The lowest BCUT2D eigenvalue weighted by atomic mass is 10.0. The maximum atomic E-state index is 14.1. The van der Waals surface area contributed by atoms with Crippen LogP contribution in [0.4, 0.5) is 14.5 Å². The van der Waals surface area contributed by atoms with Gasteiger partial charge in [-0.25, -0.2) is 13.5 Å². The van der Waals surface area contributed by atoms with Crippen molar-refractivity contribution in [3.05, 3.63) is 65.5 Å². The monoisotopic (exact) mass is 498 g/mol. The normalized spacial score (nSPS) is 15.2. The molecule has 192 valence electrons. The van der Waals surface area contributed by atoms with E-state index in [1.54, 1.807) is 6.92 Å². The Morgan fingerprint density at radius 2 is 1.89 bits per heavy atom. The van der Waals surface area contributed by atoms with E-state index in [1.165, 1.54) is 4.68 Å². The first-order chi connectivity index (χ1) is 17.5. The van der Waals surface area contributed by atoms with Crippen LogP contribution in [0.5, 0.6) is 5.75 Å². The van der Waals surface area contributed by atoms with Gasteiger partial charge in [0.2, 0.25) is 0 Å². The molecule has 0 saturated carbocycles. The summed E-state index contributed by atoms with van der Waals surface area (Å²) in [6.07, 6.45) is 2.68. The smallest absolute Gasteiger partial charge is 0.190 e. The Morgan fingerprint density at radius 3 is 2.64 bits per heavy atom. The van der Waals surface area contributed by atoms with Gasteiger partial charge in [0.1, 0.15) is 23.4 Å². The summed E-state index contributed by atoms with van der Waals surface area (Å²) in [7, 11) is 0. The van der Waals surface area contributed by atoms with Crippen molar-refractivity contribution in [1.82, 2.24) is 25.1 Å². The Kier molecular flexibility index (Phi) is 8.58. The molecule has 0 spiro atoms. The molecule has 1 atom stereocenters. The quantitative estimate of drug-likeness (QED) is 0.293. The fraction of sp³-hybridized carbons (Fsp3) is 0.462. The molecule has 0 amide bonds. The van der Waals surface area contributed by atoms with Crippen LogP contribution < -0.4 is 9.64 Å². The van der Waals surface area contributed by atoms with Crippen molar-refractivity contribution < 1.29 is 18.3 Å². The molecule has 8 nitrogen and oxygen atoms in total. The summed E-state index contributed by atoms with van der Waals surface area (Å²) in [5, 5.41) is 11.8. The number of Topliss-reactive ketones (excluding diaryl/α,β-unsaturated/α-hetero) is 1. The predicted octanol–water partition coefficient (Wildman–Crippen LogP) is 3.94. The molecule has 0 bridgehead atoms. The predicted molar refractivity (Wildman–Crippen MR) is 132 cm³/mol. The second-order valence-electron chi connectivity index (χ2n) is 8.95. The average molecular weight is 499 g/mol. The van der Waals surface area contributed by atoms with Crippen LogP contribution in [0, 0.1) is 11.6 Å². The molecule has 10 heteroatoms. The number of aromatic nitrogens is 4. The van der Waals surface area contributed by atoms with Gasteiger partial charge in [-0.15, -0.1) is 5.10 Å². The Bertz CT molecular complexity index is 1160. The largest absolute Gasteiger partial charge is 0.491 e. The van der Waals surface area contributed by atoms with E-state index in [0.717, 1.165) is 75.7 Å². The van der Waals surface area contributed by atoms with E-state index >= 15 is 0 Å². The molecular weight excluding hydrogens is 466 g/mol. The topological polar surface area (TPSA) is 76.4 Å². The zero-order valence-corrected chi connectivity index (χ0v) is 20.7. The number of hydrogen-bond acceptors (Lipinski definition) is 7. The standard InChI is InChI=1S/C26H32F2N6O2/c1-3-4-17-36-24-8-6-5-7-23(24)33-15-13-32(14-16-33)12-11-25-29-30-31-34(25)19(2)26(35)21-10-9-20(27)18-22(21)28/h5-10,18-19H,3-4,11-17H2,1-2H3.